The largest absolute Gasteiger partial charge is 0.416 e. The topological polar surface area (TPSA) is 51.9 Å². The summed E-state index contributed by atoms with van der Waals surface area (Å²) >= 11 is 0. The Balaban J connectivity index is 1.73. The van der Waals surface area contributed by atoms with Crippen LogP contribution in [0.1, 0.15) is 77.0 Å². The van der Waals surface area contributed by atoms with Crippen molar-refractivity contribution in [2.24, 2.45) is 0 Å². The monoisotopic (exact) mass is 588 g/mol. The normalized spacial score (nSPS) is 15.2. The molecule has 1 aliphatic carbocycles. The predicted molar refractivity (Wildman–Crippen MR) is 175 cm³/mol. The Bertz CT molecular complexity index is 1660. The van der Waals surface area contributed by atoms with Crippen molar-refractivity contribution in [3.63, 3.8) is 0 Å². The number of aromatic amines is 1. The van der Waals surface area contributed by atoms with Crippen molar-refractivity contribution in [2.45, 2.75) is 73.4 Å². The number of H-pyrrole nitrogens is 1. The molecule has 0 saturated heterocycles. The lowest BCUT2D eigenvalue weighted by molar-refractivity contribution is -0.137. The van der Waals surface area contributed by atoms with Crippen LogP contribution in [0, 0.1) is 6.92 Å². The molecule has 4 N–H and O–H groups in total. The Hall–Kier alpha value is -4.13. The van der Waals surface area contributed by atoms with E-state index in [1.54, 1.807) is 6.07 Å². The van der Waals surface area contributed by atoms with Gasteiger partial charge in [-0.05, 0) is 106 Å². The summed E-state index contributed by atoms with van der Waals surface area (Å²) < 4.78 is 40.3. The number of rotatable bonds is 11. The van der Waals surface area contributed by atoms with E-state index in [0.29, 0.717) is 17.7 Å². The number of anilines is 2. The summed E-state index contributed by atoms with van der Waals surface area (Å²) in [6, 6.07) is 13.6. The first-order valence-corrected chi connectivity index (χ1v) is 15.1. The van der Waals surface area contributed by atoms with Crippen molar-refractivity contribution >= 4 is 28.3 Å². The van der Waals surface area contributed by atoms with Crippen LogP contribution in [-0.4, -0.2) is 11.5 Å². The van der Waals surface area contributed by atoms with Gasteiger partial charge in [0.2, 0.25) is 0 Å². The van der Waals surface area contributed by atoms with Crippen LogP contribution in [0.25, 0.3) is 17.0 Å². The third-order valence-electron chi connectivity index (χ3n) is 7.69. The molecule has 0 amide bonds. The van der Waals surface area contributed by atoms with Crippen molar-refractivity contribution in [2.75, 3.05) is 17.2 Å². The second-order valence-electron chi connectivity index (χ2n) is 10.9. The Kier molecular flexibility index (Phi) is 10.3. The molecule has 1 fully saturated rings. The van der Waals surface area contributed by atoms with E-state index < -0.39 is 11.7 Å². The highest BCUT2D eigenvalue weighted by Gasteiger charge is 2.30. The van der Waals surface area contributed by atoms with Gasteiger partial charge in [0.15, 0.2) is 0 Å². The molecule has 1 aliphatic rings. The summed E-state index contributed by atoms with van der Waals surface area (Å²) in [5, 5.41) is 13.1. The maximum absolute atomic E-state index is 13.4. The molecule has 1 saturated carbocycles. The van der Waals surface area contributed by atoms with Crippen LogP contribution in [0.3, 0.4) is 0 Å². The summed E-state index contributed by atoms with van der Waals surface area (Å²) in [5.74, 6) is 0. The van der Waals surface area contributed by atoms with Crippen LogP contribution in [-0.2, 0) is 6.18 Å². The fraction of sp³-hybridized carbons (Fsp3) is 0.333. The van der Waals surface area contributed by atoms with Gasteiger partial charge in [-0.3, -0.25) is 0 Å². The number of nitrogens with one attached hydrogen (secondary N) is 4. The molecule has 3 aromatic rings. The second kappa shape index (κ2) is 13.9. The highest BCUT2D eigenvalue weighted by atomic mass is 19.4. The van der Waals surface area contributed by atoms with Crippen molar-refractivity contribution in [1.82, 2.24) is 10.3 Å². The number of benzene rings is 2. The smallest absolute Gasteiger partial charge is 0.384 e. The van der Waals surface area contributed by atoms with Crippen LogP contribution >= 0.6 is 0 Å². The average molecular weight is 589 g/mol. The molecule has 1 heterocycles. The lowest BCUT2D eigenvalue weighted by atomic mass is 10.0. The van der Waals surface area contributed by atoms with Gasteiger partial charge in [-0.1, -0.05) is 44.2 Å². The fourth-order valence-corrected chi connectivity index (χ4v) is 5.13. The molecule has 228 valence electrons. The van der Waals surface area contributed by atoms with Gasteiger partial charge in [-0.15, -0.1) is 0 Å². The summed E-state index contributed by atoms with van der Waals surface area (Å²) in [7, 11) is 0. The SMILES string of the molecule is C\C=C(C(Nc1cc(N/C(=C\CC)c2cccc(C(F)(F)F)c2)ccc1C)=C1CC1)/C(NCC)=c1/cc[nH]/c1=C(/C)CC. The Morgan fingerprint density at radius 1 is 0.977 bits per heavy atom. The van der Waals surface area contributed by atoms with Gasteiger partial charge < -0.3 is 20.9 Å². The Labute approximate surface area is 253 Å². The molecule has 2 aromatic carbocycles. The lowest BCUT2D eigenvalue weighted by Gasteiger charge is -2.21. The van der Waals surface area contributed by atoms with Gasteiger partial charge in [0.1, 0.15) is 0 Å². The molecule has 0 atom stereocenters. The van der Waals surface area contributed by atoms with Crippen molar-refractivity contribution in [3.05, 3.63) is 111 Å². The molecule has 1 aromatic heterocycles. The standard InChI is InChI=1S/C36H43F3N4/c1-7-12-31(26-13-11-14-27(21-26)36(37,38)39)42-28-18-15-24(6)32(22-28)43-34(25-16-17-25)29(9-3)35(40-10-4)30-19-20-41-33(30)23(5)8-2/h9,11-15,18-22,40-43H,7-8,10,16-17H2,1-6H3/b29-9-,31-12-,33-23-,35-30+. The summed E-state index contributed by atoms with van der Waals surface area (Å²) in [5.41, 5.74) is 9.25. The van der Waals surface area contributed by atoms with Gasteiger partial charge in [0.25, 0.3) is 0 Å². The molecule has 0 unspecified atom stereocenters. The van der Waals surface area contributed by atoms with E-state index in [1.807, 2.05) is 37.4 Å². The second-order valence-corrected chi connectivity index (χ2v) is 10.9. The van der Waals surface area contributed by atoms with Crippen LogP contribution in [0.2, 0.25) is 0 Å². The molecule has 4 rings (SSSR count). The van der Waals surface area contributed by atoms with Gasteiger partial charge in [0, 0.05) is 51.7 Å². The molecule has 0 spiro atoms. The van der Waals surface area contributed by atoms with E-state index in [2.05, 4.69) is 67.7 Å². The third kappa shape index (κ3) is 7.64. The predicted octanol–water partition coefficient (Wildman–Crippen LogP) is 8.61. The molecule has 7 heteroatoms. The van der Waals surface area contributed by atoms with E-state index in [9.17, 15) is 13.2 Å². The number of hydrogen-bond acceptors (Lipinski definition) is 3. The zero-order chi connectivity index (χ0) is 31.1. The van der Waals surface area contributed by atoms with Crippen LogP contribution < -0.4 is 26.5 Å². The van der Waals surface area contributed by atoms with E-state index in [-0.39, 0.29) is 0 Å². The minimum Gasteiger partial charge on any atom is -0.384 e. The minimum absolute atomic E-state index is 0.495. The number of aromatic nitrogens is 1. The first-order valence-electron chi connectivity index (χ1n) is 15.1. The van der Waals surface area contributed by atoms with E-state index in [1.165, 1.54) is 23.3 Å². The number of allylic oxidation sites excluding steroid dienone is 3. The Morgan fingerprint density at radius 2 is 1.74 bits per heavy atom. The first kappa shape index (κ1) is 31.8. The van der Waals surface area contributed by atoms with Gasteiger partial charge in [-0.25, -0.2) is 0 Å². The maximum atomic E-state index is 13.4. The average Bonchev–Trinajstić information content (AvgIpc) is 3.72. The van der Waals surface area contributed by atoms with Gasteiger partial charge in [0.05, 0.1) is 11.3 Å². The van der Waals surface area contributed by atoms with Gasteiger partial charge >= 0.3 is 6.18 Å². The van der Waals surface area contributed by atoms with Crippen molar-refractivity contribution < 1.29 is 13.2 Å². The lowest BCUT2D eigenvalue weighted by Crippen LogP contribution is -2.33. The molecule has 4 nitrogen and oxygen atoms in total. The molecular formula is C36H43F3N4. The quantitative estimate of drug-likeness (QED) is 0.181. The van der Waals surface area contributed by atoms with E-state index in [0.717, 1.165) is 76.3 Å². The highest BCUT2D eigenvalue weighted by Crippen LogP contribution is 2.38. The zero-order valence-electron chi connectivity index (χ0n) is 26.0. The maximum Gasteiger partial charge on any atom is 0.416 e. The molecular weight excluding hydrogens is 545 g/mol. The molecule has 43 heavy (non-hydrogen) atoms. The van der Waals surface area contributed by atoms with Gasteiger partial charge in [-0.2, -0.15) is 13.2 Å². The number of aryl methyl sites for hydroxylation is 1. The summed E-state index contributed by atoms with van der Waals surface area (Å²) in [6.45, 7) is 13.3. The van der Waals surface area contributed by atoms with E-state index >= 15 is 0 Å². The number of likely N-dealkylation sites (N-methyl/N-ethyl adjacent to an activating group) is 1. The van der Waals surface area contributed by atoms with Crippen molar-refractivity contribution in [3.8, 4) is 0 Å². The first-order chi connectivity index (χ1) is 20.6. The summed E-state index contributed by atoms with van der Waals surface area (Å²) in [4.78, 5) is 3.44. The Morgan fingerprint density at radius 3 is 2.37 bits per heavy atom. The highest BCUT2D eigenvalue weighted by molar-refractivity contribution is 5.80. The summed E-state index contributed by atoms with van der Waals surface area (Å²) in [6.07, 6.45) is 5.38. The van der Waals surface area contributed by atoms with Crippen LogP contribution in [0.5, 0.6) is 0 Å². The molecule has 0 aliphatic heterocycles. The fourth-order valence-electron chi connectivity index (χ4n) is 5.13. The van der Waals surface area contributed by atoms with Crippen LogP contribution in [0.4, 0.5) is 24.5 Å². The zero-order valence-corrected chi connectivity index (χ0v) is 26.0. The van der Waals surface area contributed by atoms with E-state index in [4.69, 9.17) is 0 Å². The van der Waals surface area contributed by atoms with Crippen molar-refractivity contribution in [1.29, 1.82) is 0 Å². The van der Waals surface area contributed by atoms with Crippen LogP contribution in [0.15, 0.2) is 83.7 Å². The number of halogens is 3. The third-order valence-corrected chi connectivity index (χ3v) is 7.69. The molecule has 0 bridgehead atoms. The molecule has 0 radical (unpaired) electrons. The minimum atomic E-state index is -4.40. The number of hydrogen-bond donors (Lipinski definition) is 4. The number of alkyl halides is 3.